The van der Waals surface area contributed by atoms with Gasteiger partial charge < -0.3 is 9.47 Å². The second kappa shape index (κ2) is 8.39. The zero-order chi connectivity index (χ0) is 19.3. The van der Waals surface area contributed by atoms with E-state index in [4.69, 9.17) is 21.1 Å². The molecule has 1 rings (SSSR count). The van der Waals surface area contributed by atoms with Crippen LogP contribution in [-0.2, 0) is 9.47 Å². The van der Waals surface area contributed by atoms with Crippen molar-refractivity contribution < 1.29 is 19.1 Å². The quantitative estimate of drug-likeness (QED) is 0.705. The van der Waals surface area contributed by atoms with Crippen molar-refractivity contribution in [1.82, 2.24) is 4.90 Å². The topological polar surface area (TPSA) is 55.8 Å². The first-order valence-electron chi connectivity index (χ1n) is 8.03. The van der Waals surface area contributed by atoms with Crippen molar-refractivity contribution in [2.75, 3.05) is 6.54 Å². The number of carbonyl (C=O) groups excluding carboxylic acids is 2. The molecule has 138 valence electrons. The summed E-state index contributed by atoms with van der Waals surface area (Å²) in [6.07, 6.45) is 1.99. The lowest BCUT2D eigenvalue weighted by atomic mass is 10.2. The van der Waals surface area contributed by atoms with E-state index in [9.17, 15) is 9.59 Å². The van der Waals surface area contributed by atoms with Crippen LogP contribution in [0.4, 0.5) is 9.59 Å². The Morgan fingerprint density at radius 1 is 0.960 bits per heavy atom. The molecule has 0 aliphatic heterocycles. The summed E-state index contributed by atoms with van der Waals surface area (Å²) in [4.78, 5) is 25.6. The van der Waals surface area contributed by atoms with Crippen LogP contribution < -0.4 is 0 Å². The number of nitrogens with zero attached hydrogens (tertiary/aromatic N) is 1. The fourth-order valence-electron chi connectivity index (χ4n) is 1.73. The summed E-state index contributed by atoms with van der Waals surface area (Å²) in [5.74, 6) is 0. The molecule has 2 amide bonds. The number of carbonyl (C=O) groups is 2. The zero-order valence-corrected chi connectivity index (χ0v) is 16.4. The molecule has 0 saturated carbocycles. The minimum atomic E-state index is -0.748. The van der Waals surface area contributed by atoms with E-state index in [1.807, 2.05) is 12.1 Å². The van der Waals surface area contributed by atoms with Crippen LogP contribution in [0.5, 0.6) is 0 Å². The first kappa shape index (κ1) is 21.0. The van der Waals surface area contributed by atoms with Crippen LogP contribution in [-0.4, -0.2) is 34.8 Å². The van der Waals surface area contributed by atoms with E-state index in [0.717, 1.165) is 10.5 Å². The molecule has 0 aliphatic rings. The largest absolute Gasteiger partial charge is 0.443 e. The number of ether oxygens (including phenoxy) is 2. The lowest BCUT2D eigenvalue weighted by molar-refractivity contribution is 0.00377. The molecular weight excluding hydrogens is 342 g/mol. The Labute approximate surface area is 154 Å². The molecule has 1 aromatic carbocycles. The Morgan fingerprint density at radius 3 is 1.80 bits per heavy atom. The van der Waals surface area contributed by atoms with Crippen LogP contribution in [0.2, 0.25) is 5.02 Å². The molecule has 0 heterocycles. The van der Waals surface area contributed by atoms with Crippen molar-refractivity contribution in [3.8, 4) is 0 Å². The average Bonchev–Trinajstić information content (AvgIpc) is 2.41. The van der Waals surface area contributed by atoms with Gasteiger partial charge in [-0.25, -0.2) is 14.5 Å². The van der Waals surface area contributed by atoms with Gasteiger partial charge in [-0.15, -0.1) is 0 Å². The monoisotopic (exact) mass is 367 g/mol. The van der Waals surface area contributed by atoms with Crippen LogP contribution in [0.3, 0.4) is 0 Å². The molecule has 1 aromatic rings. The molecule has 0 saturated heterocycles. The van der Waals surface area contributed by atoms with Gasteiger partial charge in [0, 0.05) is 5.02 Å². The summed E-state index contributed by atoms with van der Waals surface area (Å²) in [6, 6.07) is 7.20. The van der Waals surface area contributed by atoms with Gasteiger partial charge in [0.15, 0.2) is 0 Å². The first-order valence-corrected chi connectivity index (χ1v) is 8.41. The normalized spacial score (nSPS) is 12.1. The number of hydrogen-bond donors (Lipinski definition) is 0. The molecule has 5 nitrogen and oxygen atoms in total. The number of rotatable bonds is 3. The molecule has 0 N–H and O–H groups in total. The van der Waals surface area contributed by atoms with Gasteiger partial charge in [0.1, 0.15) is 11.2 Å². The summed E-state index contributed by atoms with van der Waals surface area (Å²) in [6.45, 7) is 10.5. The molecule has 25 heavy (non-hydrogen) atoms. The molecule has 0 spiro atoms. The fourth-order valence-corrected chi connectivity index (χ4v) is 1.85. The predicted molar refractivity (Wildman–Crippen MR) is 99.7 cm³/mol. The Morgan fingerprint density at radius 2 is 1.40 bits per heavy atom. The highest BCUT2D eigenvalue weighted by molar-refractivity contribution is 6.30. The van der Waals surface area contributed by atoms with Gasteiger partial charge >= 0.3 is 12.2 Å². The van der Waals surface area contributed by atoms with E-state index >= 15 is 0 Å². The SMILES string of the molecule is CC(C)(C)OC(=O)N(C/C=C/c1ccc(Cl)cc1)C(=O)OC(C)(C)C. The summed E-state index contributed by atoms with van der Waals surface area (Å²) in [5, 5.41) is 0.640. The maximum atomic E-state index is 12.3. The van der Waals surface area contributed by atoms with Crippen molar-refractivity contribution in [1.29, 1.82) is 0 Å². The van der Waals surface area contributed by atoms with Gasteiger partial charge in [0.2, 0.25) is 0 Å². The smallest absolute Gasteiger partial charge is 0.420 e. The highest BCUT2D eigenvalue weighted by atomic mass is 35.5. The number of amides is 2. The van der Waals surface area contributed by atoms with Crippen molar-refractivity contribution in [3.05, 3.63) is 40.9 Å². The molecule has 0 unspecified atom stereocenters. The summed E-state index contributed by atoms with van der Waals surface area (Å²) in [7, 11) is 0. The number of halogens is 1. The van der Waals surface area contributed by atoms with Crippen molar-refractivity contribution >= 4 is 29.9 Å². The minimum absolute atomic E-state index is 0.0342. The predicted octanol–water partition coefficient (Wildman–Crippen LogP) is 5.53. The molecule has 0 fully saturated rings. The van der Waals surface area contributed by atoms with Crippen molar-refractivity contribution in [2.24, 2.45) is 0 Å². The Balaban J connectivity index is 2.88. The van der Waals surface area contributed by atoms with Crippen LogP contribution >= 0.6 is 11.6 Å². The van der Waals surface area contributed by atoms with Gasteiger partial charge in [0.25, 0.3) is 0 Å². The summed E-state index contributed by atoms with van der Waals surface area (Å²) >= 11 is 5.85. The lowest BCUT2D eigenvalue weighted by Crippen LogP contribution is -2.43. The second-order valence-electron chi connectivity index (χ2n) is 7.53. The maximum Gasteiger partial charge on any atom is 0.420 e. The molecule has 0 aliphatic carbocycles. The van der Waals surface area contributed by atoms with Gasteiger partial charge in [-0.1, -0.05) is 35.9 Å². The average molecular weight is 368 g/mol. The third-order valence-electron chi connectivity index (χ3n) is 2.70. The van der Waals surface area contributed by atoms with Gasteiger partial charge in [-0.05, 0) is 59.2 Å². The second-order valence-corrected chi connectivity index (χ2v) is 7.96. The van der Waals surface area contributed by atoms with Gasteiger partial charge in [-0.2, -0.15) is 0 Å². The maximum absolute atomic E-state index is 12.3. The van der Waals surface area contributed by atoms with E-state index in [0.29, 0.717) is 5.02 Å². The molecule has 0 radical (unpaired) electrons. The third kappa shape index (κ3) is 8.59. The van der Waals surface area contributed by atoms with Crippen LogP contribution in [0.1, 0.15) is 47.1 Å². The van der Waals surface area contributed by atoms with Gasteiger partial charge in [0.05, 0.1) is 6.54 Å². The van der Waals surface area contributed by atoms with E-state index in [1.165, 1.54) is 0 Å². The Hall–Kier alpha value is -2.01. The van der Waals surface area contributed by atoms with Crippen molar-refractivity contribution in [3.63, 3.8) is 0 Å². The zero-order valence-electron chi connectivity index (χ0n) is 15.6. The first-order chi connectivity index (χ1) is 11.4. The van der Waals surface area contributed by atoms with Gasteiger partial charge in [-0.3, -0.25) is 0 Å². The van der Waals surface area contributed by atoms with Crippen molar-refractivity contribution in [2.45, 2.75) is 52.7 Å². The molecule has 0 bridgehead atoms. The number of hydrogen-bond acceptors (Lipinski definition) is 4. The molecule has 6 heteroatoms. The van der Waals surface area contributed by atoms with E-state index < -0.39 is 23.4 Å². The standard InChI is InChI=1S/C19H26ClNO4/c1-18(2,3)24-16(22)21(17(23)25-19(4,5)6)13-7-8-14-9-11-15(20)12-10-14/h7-12H,13H2,1-6H3/b8-7+. The lowest BCUT2D eigenvalue weighted by Gasteiger charge is -2.28. The Kier molecular flexibility index (Phi) is 7.06. The van der Waals surface area contributed by atoms with Crippen LogP contribution in [0.25, 0.3) is 6.08 Å². The highest BCUT2D eigenvalue weighted by Gasteiger charge is 2.30. The Bertz CT molecular complexity index is 596. The highest BCUT2D eigenvalue weighted by Crippen LogP contribution is 2.15. The summed E-state index contributed by atoms with van der Waals surface area (Å²) in [5.41, 5.74) is -0.521. The van der Waals surface area contributed by atoms with E-state index in [2.05, 4.69) is 0 Å². The minimum Gasteiger partial charge on any atom is -0.443 e. The summed E-state index contributed by atoms with van der Waals surface area (Å²) < 4.78 is 10.6. The number of benzene rings is 1. The molecular formula is C19H26ClNO4. The third-order valence-corrected chi connectivity index (χ3v) is 2.95. The van der Waals surface area contributed by atoms with E-state index in [-0.39, 0.29) is 6.54 Å². The van der Waals surface area contributed by atoms with E-state index in [1.54, 1.807) is 65.8 Å². The molecule has 0 atom stereocenters. The fraction of sp³-hybridized carbons (Fsp3) is 0.474. The molecule has 0 aromatic heterocycles. The van der Waals surface area contributed by atoms with Crippen LogP contribution in [0.15, 0.2) is 30.3 Å². The number of imide groups is 1. The van der Waals surface area contributed by atoms with Crippen LogP contribution in [0, 0.1) is 0 Å².